The predicted octanol–water partition coefficient (Wildman–Crippen LogP) is 4.08. The second kappa shape index (κ2) is 7.99. The summed E-state index contributed by atoms with van der Waals surface area (Å²) in [5.74, 6) is -2.61. The lowest BCUT2D eigenvalue weighted by atomic mass is 9.59. The summed E-state index contributed by atoms with van der Waals surface area (Å²) >= 11 is 1.51. The van der Waals surface area contributed by atoms with Crippen LogP contribution in [0.1, 0.15) is 36.1 Å². The summed E-state index contributed by atoms with van der Waals surface area (Å²) in [6.45, 7) is 1.90. The van der Waals surface area contributed by atoms with Gasteiger partial charge in [-0.15, -0.1) is 11.3 Å². The Morgan fingerprint density at radius 1 is 1.06 bits per heavy atom. The van der Waals surface area contributed by atoms with Gasteiger partial charge >= 0.3 is 0 Å². The van der Waals surface area contributed by atoms with Gasteiger partial charge in [0.2, 0.25) is 11.8 Å². The molecule has 0 saturated carbocycles. The van der Waals surface area contributed by atoms with Crippen molar-refractivity contribution in [2.75, 3.05) is 0 Å². The molecule has 2 amide bonds. The highest BCUT2D eigenvalue weighted by molar-refractivity contribution is 7.09. The van der Waals surface area contributed by atoms with Gasteiger partial charge in [-0.1, -0.05) is 29.8 Å². The molecule has 6 rings (SSSR count). The number of aromatic hydroxyl groups is 1. The van der Waals surface area contributed by atoms with Crippen molar-refractivity contribution in [1.82, 2.24) is 4.90 Å². The average Bonchev–Trinajstić information content (AvgIpc) is 3.44. The lowest BCUT2D eigenvalue weighted by Crippen LogP contribution is -2.39. The van der Waals surface area contributed by atoms with Crippen LogP contribution in [0.5, 0.6) is 5.75 Å². The normalized spacial score (nSPS) is 28.0. The first-order valence-corrected chi connectivity index (χ1v) is 12.6. The molecule has 1 N–H and O–H groups in total. The van der Waals surface area contributed by atoms with Crippen molar-refractivity contribution in [1.29, 1.82) is 0 Å². The molecule has 0 spiro atoms. The molecule has 2 heterocycles. The van der Waals surface area contributed by atoms with Crippen LogP contribution in [-0.4, -0.2) is 33.4 Å². The Morgan fingerprint density at radius 3 is 2.63 bits per heavy atom. The SMILES string of the molecule is CC1=CC(=O)C2=C(C1=O)[C@@H](c1cccc(O)c1)C1=CC[C@@H]3C(=O)N(Cc4cccs4)C(=O)[C@@H]3[C@@H]1C2. The van der Waals surface area contributed by atoms with Crippen LogP contribution in [-0.2, 0) is 25.7 Å². The van der Waals surface area contributed by atoms with Gasteiger partial charge in [-0.05, 0) is 60.9 Å². The van der Waals surface area contributed by atoms with E-state index in [4.69, 9.17) is 0 Å². The van der Waals surface area contributed by atoms with Crippen molar-refractivity contribution < 1.29 is 24.3 Å². The quantitative estimate of drug-likeness (QED) is 0.402. The number of likely N-dealkylation sites (tertiary alicyclic amines) is 1. The first-order valence-electron chi connectivity index (χ1n) is 11.7. The number of carbonyl (C=O) groups is 4. The summed E-state index contributed by atoms with van der Waals surface area (Å²) in [7, 11) is 0. The van der Waals surface area contributed by atoms with Gasteiger partial charge in [-0.3, -0.25) is 24.1 Å². The van der Waals surface area contributed by atoms with Crippen LogP contribution in [0.3, 0.4) is 0 Å². The molecule has 6 nitrogen and oxygen atoms in total. The summed E-state index contributed by atoms with van der Waals surface area (Å²) in [5.41, 5.74) is 2.85. The van der Waals surface area contributed by atoms with Gasteiger partial charge < -0.3 is 5.11 Å². The zero-order valence-corrected chi connectivity index (χ0v) is 19.9. The number of hydrogen-bond acceptors (Lipinski definition) is 6. The van der Waals surface area contributed by atoms with Crippen molar-refractivity contribution in [2.45, 2.75) is 32.2 Å². The molecule has 1 fully saturated rings. The number of rotatable bonds is 3. The zero-order valence-electron chi connectivity index (χ0n) is 19.1. The van der Waals surface area contributed by atoms with E-state index in [0.717, 1.165) is 10.5 Å². The fourth-order valence-corrected chi connectivity index (χ4v) is 6.92. The summed E-state index contributed by atoms with van der Waals surface area (Å²) in [5, 5.41) is 12.1. The van der Waals surface area contributed by atoms with Gasteiger partial charge in [-0.2, -0.15) is 0 Å². The maximum Gasteiger partial charge on any atom is 0.234 e. The molecule has 7 heteroatoms. The molecule has 2 aromatic rings. The number of amides is 2. The molecule has 1 aromatic heterocycles. The Balaban J connectivity index is 1.46. The number of carbonyl (C=O) groups excluding carboxylic acids is 4. The van der Waals surface area contributed by atoms with E-state index >= 15 is 0 Å². The van der Waals surface area contributed by atoms with Crippen molar-refractivity contribution in [3.05, 3.63) is 86.7 Å². The van der Waals surface area contributed by atoms with E-state index in [1.165, 1.54) is 22.3 Å². The van der Waals surface area contributed by atoms with Crippen molar-refractivity contribution in [3.8, 4) is 5.75 Å². The van der Waals surface area contributed by atoms with E-state index in [0.29, 0.717) is 28.7 Å². The second-order valence-electron chi connectivity index (χ2n) is 9.67. The molecular formula is C28H23NO5S. The number of benzene rings is 1. The number of nitrogens with zero attached hydrogens (tertiary/aromatic N) is 1. The molecular weight excluding hydrogens is 462 g/mol. The number of hydrogen-bond donors (Lipinski definition) is 1. The fourth-order valence-electron chi connectivity index (χ4n) is 6.22. The number of phenolic OH excluding ortho intramolecular Hbond substituents is 1. The van der Waals surface area contributed by atoms with Crippen LogP contribution in [0.15, 0.2) is 76.2 Å². The number of fused-ring (bicyclic) bond motifs is 3. The summed E-state index contributed by atoms with van der Waals surface area (Å²) in [6, 6.07) is 10.5. The van der Waals surface area contributed by atoms with E-state index < -0.39 is 17.8 Å². The first kappa shape index (κ1) is 21.9. The van der Waals surface area contributed by atoms with Crippen molar-refractivity contribution >= 4 is 34.7 Å². The summed E-state index contributed by atoms with van der Waals surface area (Å²) in [6.07, 6.45) is 4.05. The lowest BCUT2D eigenvalue weighted by Gasteiger charge is -2.42. The van der Waals surface area contributed by atoms with Crippen LogP contribution in [0.2, 0.25) is 0 Å². The largest absolute Gasteiger partial charge is 0.508 e. The highest BCUT2D eigenvalue weighted by atomic mass is 32.1. The van der Waals surface area contributed by atoms with Crippen LogP contribution >= 0.6 is 11.3 Å². The Hall–Kier alpha value is -3.58. The van der Waals surface area contributed by atoms with Crippen LogP contribution < -0.4 is 0 Å². The maximum atomic E-state index is 13.6. The fraction of sp³-hybridized carbons (Fsp3) is 0.286. The smallest absolute Gasteiger partial charge is 0.234 e. The molecule has 1 aromatic carbocycles. The molecule has 0 bridgehead atoms. The Bertz CT molecular complexity index is 1400. The second-order valence-corrected chi connectivity index (χ2v) is 10.7. The summed E-state index contributed by atoms with van der Waals surface area (Å²) < 4.78 is 0. The standard InChI is InChI=1S/C28H23NO5S/c1-14-10-22(31)21-12-20-18(23(25(21)26(14)32)15-4-2-5-16(30)11-15)7-8-19-24(20)28(34)29(27(19)33)13-17-6-3-9-35-17/h2-7,9-11,19-20,23-24,30H,8,12-13H2,1H3/t19-,20+,23-,24-/m0/s1. The van der Waals surface area contributed by atoms with E-state index in [9.17, 15) is 24.3 Å². The minimum absolute atomic E-state index is 0.0668. The van der Waals surface area contributed by atoms with Gasteiger partial charge in [0, 0.05) is 27.5 Å². The maximum absolute atomic E-state index is 13.6. The minimum atomic E-state index is -0.564. The monoisotopic (exact) mass is 485 g/mol. The highest BCUT2D eigenvalue weighted by Crippen LogP contribution is 2.55. The van der Waals surface area contributed by atoms with Gasteiger partial charge in [0.1, 0.15) is 5.75 Å². The number of Topliss-reactive ketones (excluding diaryl/α,β-unsaturated/α-hetero) is 1. The number of allylic oxidation sites excluding steroid dienone is 6. The van der Waals surface area contributed by atoms with Gasteiger partial charge in [0.25, 0.3) is 0 Å². The van der Waals surface area contributed by atoms with Crippen LogP contribution in [0.4, 0.5) is 0 Å². The molecule has 1 saturated heterocycles. The molecule has 176 valence electrons. The molecule has 4 atom stereocenters. The van der Waals surface area contributed by atoms with E-state index in [-0.39, 0.29) is 48.0 Å². The Labute approximate surface area is 206 Å². The first-order chi connectivity index (χ1) is 16.8. The zero-order chi connectivity index (χ0) is 24.4. The van der Waals surface area contributed by atoms with Crippen molar-refractivity contribution in [3.63, 3.8) is 0 Å². The molecule has 0 radical (unpaired) electrons. The highest BCUT2D eigenvalue weighted by Gasteiger charge is 2.56. The third kappa shape index (κ3) is 3.29. The number of ketones is 2. The van der Waals surface area contributed by atoms with Crippen molar-refractivity contribution in [2.24, 2.45) is 17.8 Å². The van der Waals surface area contributed by atoms with E-state index in [2.05, 4.69) is 0 Å². The average molecular weight is 486 g/mol. The minimum Gasteiger partial charge on any atom is -0.508 e. The number of imide groups is 1. The third-order valence-corrected chi connectivity index (χ3v) is 8.61. The van der Waals surface area contributed by atoms with Gasteiger partial charge in [0.15, 0.2) is 11.6 Å². The molecule has 3 aliphatic carbocycles. The molecule has 0 unspecified atom stereocenters. The third-order valence-electron chi connectivity index (χ3n) is 7.75. The molecule has 4 aliphatic rings. The number of thiophene rings is 1. The van der Waals surface area contributed by atoms with Crippen LogP contribution in [0, 0.1) is 17.8 Å². The Morgan fingerprint density at radius 2 is 1.89 bits per heavy atom. The van der Waals surface area contributed by atoms with Gasteiger partial charge in [-0.25, -0.2) is 0 Å². The van der Waals surface area contributed by atoms with E-state index in [1.54, 1.807) is 25.1 Å². The Kier molecular flexibility index (Phi) is 5.00. The number of phenols is 1. The molecule has 1 aliphatic heterocycles. The van der Waals surface area contributed by atoms with E-state index in [1.807, 2.05) is 29.7 Å². The van der Waals surface area contributed by atoms with Gasteiger partial charge in [0.05, 0.1) is 18.4 Å². The predicted molar refractivity (Wildman–Crippen MR) is 129 cm³/mol. The topological polar surface area (TPSA) is 91.8 Å². The molecule has 35 heavy (non-hydrogen) atoms. The van der Waals surface area contributed by atoms with Crippen LogP contribution in [0.25, 0.3) is 0 Å². The lowest BCUT2D eigenvalue weighted by molar-refractivity contribution is -0.140. The summed E-state index contributed by atoms with van der Waals surface area (Å²) in [4.78, 5) is 55.7.